The second kappa shape index (κ2) is 6.37. The number of nitrogens with zero attached hydrogens (tertiary/aromatic N) is 1. The minimum absolute atomic E-state index is 0.130. The van der Waals surface area contributed by atoms with Crippen LogP contribution in [0.25, 0.3) is 0 Å². The van der Waals surface area contributed by atoms with Gasteiger partial charge >= 0.3 is 0 Å². The molecule has 66 valence electrons. The third kappa shape index (κ3) is 6.77. The van der Waals surface area contributed by atoms with E-state index in [-0.39, 0.29) is 5.91 Å². The zero-order chi connectivity index (χ0) is 9.40. The van der Waals surface area contributed by atoms with Crippen LogP contribution in [0.5, 0.6) is 0 Å². The summed E-state index contributed by atoms with van der Waals surface area (Å²) in [5.41, 5.74) is 0. The Balaban J connectivity index is 0.000000202. The van der Waals surface area contributed by atoms with Crippen molar-refractivity contribution in [3.05, 3.63) is 36.4 Å². The second-order valence-corrected chi connectivity index (χ2v) is 2.28. The number of nitrogens with two attached hydrogens (primary N) is 1. The first-order valence-electron chi connectivity index (χ1n) is 3.63. The number of rotatable bonds is 0. The minimum Gasteiger partial charge on any atom is -0.284 e. The van der Waals surface area contributed by atoms with Gasteiger partial charge in [0, 0.05) is 14.0 Å². The summed E-state index contributed by atoms with van der Waals surface area (Å²) < 4.78 is 0. The van der Waals surface area contributed by atoms with Crippen LogP contribution in [0.4, 0.5) is 0 Å². The summed E-state index contributed by atoms with van der Waals surface area (Å²) in [5, 5.41) is 1.03. The fourth-order valence-corrected chi connectivity index (χ4v) is 0.385. The first-order chi connectivity index (χ1) is 5.64. The molecule has 0 heterocycles. The Hall–Kier alpha value is -1.35. The monoisotopic (exact) mass is 166 g/mol. The van der Waals surface area contributed by atoms with Gasteiger partial charge < -0.3 is 0 Å². The van der Waals surface area contributed by atoms with E-state index in [0.29, 0.717) is 0 Å². The maximum absolute atomic E-state index is 9.94. The third-order valence-corrected chi connectivity index (χ3v) is 1.16. The first kappa shape index (κ1) is 10.7. The van der Waals surface area contributed by atoms with Crippen LogP contribution in [0, 0.1) is 0 Å². The van der Waals surface area contributed by atoms with Crippen molar-refractivity contribution >= 4 is 5.91 Å². The van der Waals surface area contributed by atoms with Crippen LogP contribution in [0.3, 0.4) is 0 Å². The average Bonchev–Trinajstić information content (AvgIpc) is 2.08. The van der Waals surface area contributed by atoms with Crippen LogP contribution in [0.15, 0.2) is 36.4 Å². The van der Waals surface area contributed by atoms with Crippen molar-refractivity contribution in [3.63, 3.8) is 0 Å². The molecule has 0 saturated heterocycles. The molecule has 0 aromatic heterocycles. The molecule has 0 aliphatic carbocycles. The van der Waals surface area contributed by atoms with Crippen molar-refractivity contribution in [1.29, 1.82) is 0 Å². The lowest BCUT2D eigenvalue weighted by molar-refractivity contribution is -0.127. The summed E-state index contributed by atoms with van der Waals surface area (Å²) in [6.45, 7) is 1.40. The molecule has 0 atom stereocenters. The van der Waals surface area contributed by atoms with Gasteiger partial charge in [-0.2, -0.15) is 0 Å². The van der Waals surface area contributed by atoms with Gasteiger partial charge in [0.2, 0.25) is 5.91 Å². The highest BCUT2D eigenvalue weighted by atomic mass is 16.2. The van der Waals surface area contributed by atoms with Gasteiger partial charge in [-0.3, -0.25) is 9.80 Å². The molecule has 0 unspecified atom stereocenters. The fraction of sp³-hybridized carbons (Fsp3) is 0.222. The summed E-state index contributed by atoms with van der Waals surface area (Å²) >= 11 is 0. The predicted octanol–water partition coefficient (Wildman–Crippen LogP) is 1.02. The minimum atomic E-state index is -0.130. The SMILES string of the molecule is CC(=O)N(C)N.c1ccccc1. The Labute approximate surface area is 72.8 Å². The van der Waals surface area contributed by atoms with Crippen LogP contribution < -0.4 is 5.84 Å². The fourth-order valence-electron chi connectivity index (χ4n) is 0.385. The Morgan fingerprint density at radius 3 is 1.33 bits per heavy atom. The van der Waals surface area contributed by atoms with Crippen molar-refractivity contribution in [2.75, 3.05) is 7.05 Å². The molecule has 0 spiro atoms. The number of benzene rings is 1. The summed E-state index contributed by atoms with van der Waals surface area (Å²) in [5.74, 6) is 4.79. The van der Waals surface area contributed by atoms with E-state index in [1.165, 1.54) is 14.0 Å². The number of amides is 1. The topological polar surface area (TPSA) is 46.3 Å². The van der Waals surface area contributed by atoms with Gasteiger partial charge in [0.25, 0.3) is 0 Å². The van der Waals surface area contributed by atoms with Gasteiger partial charge in [-0.05, 0) is 0 Å². The summed E-state index contributed by atoms with van der Waals surface area (Å²) in [7, 11) is 1.50. The summed E-state index contributed by atoms with van der Waals surface area (Å²) in [4.78, 5) is 9.94. The Bertz CT molecular complexity index is 182. The quantitative estimate of drug-likeness (QED) is 0.355. The number of carbonyl (C=O) groups excluding carboxylic acids is 1. The number of carbonyl (C=O) groups is 1. The maximum atomic E-state index is 9.94. The van der Waals surface area contributed by atoms with Crippen LogP contribution in [-0.4, -0.2) is 18.0 Å². The molecular weight excluding hydrogens is 152 g/mol. The van der Waals surface area contributed by atoms with Gasteiger partial charge in [0.15, 0.2) is 0 Å². The first-order valence-corrected chi connectivity index (χ1v) is 3.63. The normalized spacial score (nSPS) is 7.92. The molecule has 1 aromatic carbocycles. The van der Waals surface area contributed by atoms with Crippen molar-refractivity contribution in [1.82, 2.24) is 5.01 Å². The Morgan fingerprint density at radius 2 is 1.25 bits per heavy atom. The highest BCUT2D eigenvalue weighted by molar-refractivity contribution is 5.71. The number of hydrogen-bond donors (Lipinski definition) is 1. The molecule has 1 rings (SSSR count). The van der Waals surface area contributed by atoms with Crippen LogP contribution >= 0.6 is 0 Å². The van der Waals surface area contributed by atoms with Crippen molar-refractivity contribution in [3.8, 4) is 0 Å². The molecule has 3 heteroatoms. The zero-order valence-electron chi connectivity index (χ0n) is 7.40. The molecule has 0 fully saturated rings. The Morgan fingerprint density at radius 1 is 1.08 bits per heavy atom. The van der Waals surface area contributed by atoms with E-state index < -0.39 is 0 Å². The van der Waals surface area contributed by atoms with Crippen LogP contribution in [-0.2, 0) is 4.79 Å². The molecule has 2 N–H and O–H groups in total. The molecule has 0 bridgehead atoms. The van der Waals surface area contributed by atoms with E-state index in [4.69, 9.17) is 5.84 Å². The van der Waals surface area contributed by atoms with Crippen molar-refractivity contribution in [2.24, 2.45) is 5.84 Å². The largest absolute Gasteiger partial charge is 0.284 e. The van der Waals surface area contributed by atoms with E-state index in [1.54, 1.807) is 0 Å². The lowest BCUT2D eigenvalue weighted by atomic mass is 10.4. The van der Waals surface area contributed by atoms with Crippen molar-refractivity contribution in [2.45, 2.75) is 6.92 Å². The summed E-state index contributed by atoms with van der Waals surface area (Å²) in [6, 6.07) is 12.0. The standard InChI is InChI=1S/C6H6.C3H8N2O/c1-2-4-6-5-3-1;1-3(6)5(2)4/h1-6H;4H2,1-2H3. The molecule has 12 heavy (non-hydrogen) atoms. The number of hydrazine groups is 1. The molecule has 0 aliphatic heterocycles. The molecule has 1 amide bonds. The molecule has 0 saturated carbocycles. The maximum Gasteiger partial charge on any atom is 0.233 e. The number of hydrogen-bond acceptors (Lipinski definition) is 2. The highest BCUT2D eigenvalue weighted by Gasteiger charge is 1.88. The van der Waals surface area contributed by atoms with Crippen molar-refractivity contribution < 1.29 is 4.79 Å². The molecule has 0 radical (unpaired) electrons. The molecular formula is C9H14N2O. The Kier molecular flexibility index (Phi) is 5.65. The van der Waals surface area contributed by atoms with E-state index in [2.05, 4.69) is 0 Å². The molecule has 0 aliphatic rings. The smallest absolute Gasteiger partial charge is 0.233 e. The van der Waals surface area contributed by atoms with Gasteiger partial charge in [0.05, 0.1) is 0 Å². The second-order valence-electron chi connectivity index (χ2n) is 2.28. The van der Waals surface area contributed by atoms with Gasteiger partial charge in [-0.1, -0.05) is 36.4 Å². The lowest BCUT2D eigenvalue weighted by Crippen LogP contribution is -2.30. The third-order valence-electron chi connectivity index (χ3n) is 1.16. The molecule has 3 nitrogen and oxygen atoms in total. The van der Waals surface area contributed by atoms with Gasteiger partial charge in [0.1, 0.15) is 0 Å². The van der Waals surface area contributed by atoms with E-state index in [1.807, 2.05) is 36.4 Å². The zero-order valence-corrected chi connectivity index (χ0v) is 7.40. The van der Waals surface area contributed by atoms with Crippen LogP contribution in [0.2, 0.25) is 0 Å². The van der Waals surface area contributed by atoms with Gasteiger partial charge in [-0.25, -0.2) is 5.84 Å². The van der Waals surface area contributed by atoms with Crippen LogP contribution in [0.1, 0.15) is 6.92 Å². The molecule has 1 aromatic rings. The highest BCUT2D eigenvalue weighted by Crippen LogP contribution is 1.79. The van der Waals surface area contributed by atoms with E-state index in [9.17, 15) is 4.79 Å². The predicted molar refractivity (Wildman–Crippen MR) is 49.1 cm³/mol. The van der Waals surface area contributed by atoms with Gasteiger partial charge in [-0.15, -0.1) is 0 Å². The summed E-state index contributed by atoms with van der Waals surface area (Å²) in [6.07, 6.45) is 0. The van der Waals surface area contributed by atoms with E-state index in [0.717, 1.165) is 5.01 Å². The average molecular weight is 166 g/mol. The lowest BCUT2D eigenvalue weighted by Gasteiger charge is -2.02. The van der Waals surface area contributed by atoms with E-state index >= 15 is 0 Å².